The van der Waals surface area contributed by atoms with Crippen LogP contribution in [-0.4, -0.2) is 10.6 Å². The van der Waals surface area contributed by atoms with Crippen LogP contribution in [0.1, 0.15) is 23.8 Å². The first kappa shape index (κ1) is 12.9. The Morgan fingerprint density at radius 3 is 2.94 bits per heavy atom. The number of thiophene rings is 1. The van der Waals surface area contributed by atoms with E-state index in [4.69, 9.17) is 5.73 Å². The molecule has 17 heavy (non-hydrogen) atoms. The van der Waals surface area contributed by atoms with Crippen LogP contribution in [0.25, 0.3) is 0 Å². The highest BCUT2D eigenvalue weighted by Crippen LogP contribution is 2.23. The number of aromatic nitrogens is 1. The Hall–Kier alpha value is -0.580. The Morgan fingerprint density at radius 2 is 2.29 bits per heavy atom. The Labute approximate surface area is 115 Å². The van der Waals surface area contributed by atoms with Crippen LogP contribution < -0.4 is 5.73 Å². The van der Waals surface area contributed by atoms with Crippen molar-refractivity contribution in [2.24, 2.45) is 5.73 Å². The van der Waals surface area contributed by atoms with Crippen molar-refractivity contribution in [3.8, 4) is 0 Å². The van der Waals surface area contributed by atoms with Gasteiger partial charge in [-0.1, -0.05) is 6.92 Å². The normalized spacial score (nSPS) is 12.9. The van der Waals surface area contributed by atoms with Crippen molar-refractivity contribution in [1.82, 2.24) is 4.57 Å². The van der Waals surface area contributed by atoms with Crippen molar-refractivity contribution in [2.45, 2.75) is 32.4 Å². The minimum Gasteiger partial charge on any atom is -0.349 e. The van der Waals surface area contributed by atoms with Gasteiger partial charge in [-0.15, -0.1) is 11.3 Å². The quantitative estimate of drug-likeness (QED) is 0.897. The topological polar surface area (TPSA) is 30.9 Å². The summed E-state index contributed by atoms with van der Waals surface area (Å²) < 4.78 is 3.41. The summed E-state index contributed by atoms with van der Waals surface area (Å²) in [5.74, 6) is 0. The largest absolute Gasteiger partial charge is 0.349 e. The highest BCUT2D eigenvalue weighted by Gasteiger charge is 2.05. The average Bonchev–Trinajstić information content (AvgIpc) is 2.90. The van der Waals surface area contributed by atoms with Gasteiger partial charge in [0.2, 0.25) is 0 Å². The van der Waals surface area contributed by atoms with Gasteiger partial charge in [-0.25, -0.2) is 0 Å². The van der Waals surface area contributed by atoms with E-state index in [-0.39, 0.29) is 6.04 Å². The molecular formula is C13H17BrN2S. The number of halogens is 1. The fourth-order valence-corrected chi connectivity index (χ4v) is 3.25. The summed E-state index contributed by atoms with van der Waals surface area (Å²) in [6, 6.07) is 4.54. The van der Waals surface area contributed by atoms with Gasteiger partial charge in [-0.05, 0) is 51.8 Å². The van der Waals surface area contributed by atoms with Crippen LogP contribution >= 0.6 is 27.3 Å². The van der Waals surface area contributed by atoms with Gasteiger partial charge in [0.1, 0.15) is 0 Å². The first-order valence-corrected chi connectivity index (χ1v) is 7.48. The lowest BCUT2D eigenvalue weighted by molar-refractivity contribution is 0.645. The SMILES string of the molecule is CCC(N)Cc1ccn(Cc2sccc2Br)c1. The molecule has 0 bridgehead atoms. The molecule has 2 N–H and O–H groups in total. The summed E-state index contributed by atoms with van der Waals surface area (Å²) in [6.07, 6.45) is 6.32. The zero-order valence-electron chi connectivity index (χ0n) is 9.90. The maximum Gasteiger partial charge on any atom is 0.0574 e. The van der Waals surface area contributed by atoms with Crippen LogP contribution in [0.2, 0.25) is 0 Å². The maximum atomic E-state index is 5.96. The second-order valence-electron chi connectivity index (χ2n) is 4.26. The summed E-state index contributed by atoms with van der Waals surface area (Å²) in [4.78, 5) is 1.35. The molecule has 0 aliphatic rings. The Bertz CT molecular complexity index is 475. The maximum absolute atomic E-state index is 5.96. The van der Waals surface area contributed by atoms with Crippen molar-refractivity contribution >= 4 is 27.3 Å². The molecule has 0 amide bonds. The molecule has 2 nitrogen and oxygen atoms in total. The van der Waals surface area contributed by atoms with Crippen molar-refractivity contribution in [1.29, 1.82) is 0 Å². The van der Waals surface area contributed by atoms with Crippen molar-refractivity contribution < 1.29 is 0 Å². The first-order valence-electron chi connectivity index (χ1n) is 5.81. The van der Waals surface area contributed by atoms with Crippen LogP contribution in [0.3, 0.4) is 0 Å². The molecule has 92 valence electrons. The second-order valence-corrected chi connectivity index (χ2v) is 6.11. The standard InChI is InChI=1S/C13H17BrN2S/c1-2-11(15)7-10-3-5-16(8-10)9-13-12(14)4-6-17-13/h3-6,8,11H,2,7,9,15H2,1H3. The van der Waals surface area contributed by atoms with E-state index < -0.39 is 0 Å². The zero-order valence-corrected chi connectivity index (χ0v) is 12.3. The number of nitrogens with zero attached hydrogens (tertiary/aromatic N) is 1. The molecule has 0 saturated carbocycles. The smallest absolute Gasteiger partial charge is 0.0574 e. The lowest BCUT2D eigenvalue weighted by Crippen LogP contribution is -2.21. The highest BCUT2D eigenvalue weighted by atomic mass is 79.9. The fourth-order valence-electron chi connectivity index (χ4n) is 1.76. The molecule has 0 aliphatic heterocycles. The third-order valence-electron chi connectivity index (χ3n) is 2.85. The molecule has 1 atom stereocenters. The van der Waals surface area contributed by atoms with E-state index in [0.29, 0.717) is 0 Å². The Balaban J connectivity index is 2.01. The number of rotatable bonds is 5. The van der Waals surface area contributed by atoms with Crippen molar-refractivity contribution in [3.05, 3.63) is 44.8 Å². The van der Waals surface area contributed by atoms with Crippen LogP contribution in [0.4, 0.5) is 0 Å². The molecule has 0 aliphatic carbocycles. The summed E-state index contributed by atoms with van der Waals surface area (Å²) in [5.41, 5.74) is 7.29. The van der Waals surface area contributed by atoms with E-state index in [1.165, 1.54) is 14.9 Å². The van der Waals surface area contributed by atoms with Crippen LogP contribution in [0.15, 0.2) is 34.4 Å². The van der Waals surface area contributed by atoms with Gasteiger partial charge in [-0.2, -0.15) is 0 Å². The molecule has 4 heteroatoms. The van der Waals surface area contributed by atoms with E-state index >= 15 is 0 Å². The third-order valence-corrected chi connectivity index (χ3v) is 4.76. The van der Waals surface area contributed by atoms with Crippen molar-refractivity contribution in [3.63, 3.8) is 0 Å². The minimum atomic E-state index is 0.277. The molecule has 0 spiro atoms. The Morgan fingerprint density at radius 1 is 1.47 bits per heavy atom. The van der Waals surface area contributed by atoms with E-state index in [1.807, 2.05) is 0 Å². The van der Waals surface area contributed by atoms with Gasteiger partial charge in [0, 0.05) is 27.8 Å². The van der Waals surface area contributed by atoms with E-state index in [2.05, 4.69) is 57.3 Å². The van der Waals surface area contributed by atoms with Gasteiger partial charge in [0.25, 0.3) is 0 Å². The van der Waals surface area contributed by atoms with Crippen molar-refractivity contribution in [2.75, 3.05) is 0 Å². The van der Waals surface area contributed by atoms with Gasteiger partial charge < -0.3 is 10.3 Å². The monoisotopic (exact) mass is 312 g/mol. The molecule has 2 rings (SSSR count). The van der Waals surface area contributed by atoms with E-state index in [9.17, 15) is 0 Å². The van der Waals surface area contributed by atoms with Gasteiger partial charge in [0.05, 0.1) is 6.54 Å². The van der Waals surface area contributed by atoms with Crippen LogP contribution in [0, 0.1) is 0 Å². The number of hydrogen-bond donors (Lipinski definition) is 1. The summed E-state index contributed by atoms with van der Waals surface area (Å²) >= 11 is 5.34. The van der Waals surface area contributed by atoms with Gasteiger partial charge in [-0.3, -0.25) is 0 Å². The predicted octanol–water partition coefficient (Wildman–Crippen LogP) is 3.64. The average molecular weight is 313 g/mol. The molecule has 2 aromatic rings. The first-order chi connectivity index (χ1) is 8.19. The molecule has 0 fully saturated rings. The molecule has 0 saturated heterocycles. The van der Waals surface area contributed by atoms with Gasteiger partial charge in [0.15, 0.2) is 0 Å². The third kappa shape index (κ3) is 3.44. The molecule has 0 aromatic carbocycles. The lowest BCUT2D eigenvalue weighted by Gasteiger charge is -2.06. The molecular weight excluding hydrogens is 296 g/mol. The highest BCUT2D eigenvalue weighted by molar-refractivity contribution is 9.10. The number of nitrogens with two attached hydrogens (primary N) is 1. The fraction of sp³-hybridized carbons (Fsp3) is 0.385. The summed E-state index contributed by atoms with van der Waals surface area (Å²) in [6.45, 7) is 3.06. The summed E-state index contributed by atoms with van der Waals surface area (Å²) in [7, 11) is 0. The predicted molar refractivity (Wildman–Crippen MR) is 77.5 cm³/mol. The zero-order chi connectivity index (χ0) is 12.3. The minimum absolute atomic E-state index is 0.277. The molecule has 2 aromatic heterocycles. The molecule has 2 heterocycles. The summed E-state index contributed by atoms with van der Waals surface area (Å²) in [5, 5.41) is 2.11. The van der Waals surface area contributed by atoms with E-state index in [1.54, 1.807) is 11.3 Å². The second kappa shape index (κ2) is 5.85. The molecule has 1 unspecified atom stereocenters. The van der Waals surface area contributed by atoms with E-state index in [0.717, 1.165) is 19.4 Å². The number of hydrogen-bond acceptors (Lipinski definition) is 2. The van der Waals surface area contributed by atoms with Gasteiger partial charge >= 0.3 is 0 Å². The molecule has 0 radical (unpaired) electrons. The van der Waals surface area contributed by atoms with Crippen LogP contribution in [0.5, 0.6) is 0 Å². The van der Waals surface area contributed by atoms with Crippen LogP contribution in [-0.2, 0) is 13.0 Å². The lowest BCUT2D eigenvalue weighted by atomic mass is 10.1. The Kier molecular flexibility index (Phi) is 4.42.